The summed E-state index contributed by atoms with van der Waals surface area (Å²) in [6, 6.07) is 7.91. The van der Waals surface area contributed by atoms with Gasteiger partial charge in [-0.1, -0.05) is 31.5 Å². The third-order valence-electron chi connectivity index (χ3n) is 3.68. The normalized spacial score (nSPS) is 17.6. The molecule has 0 heterocycles. The molecule has 1 aliphatic rings. The summed E-state index contributed by atoms with van der Waals surface area (Å²) >= 11 is 0. The Kier molecular flexibility index (Phi) is 2.99. The molecule has 0 saturated heterocycles. The summed E-state index contributed by atoms with van der Waals surface area (Å²) in [7, 11) is 1.67. The van der Waals surface area contributed by atoms with Crippen LogP contribution in [0.25, 0.3) is 0 Å². The third-order valence-corrected chi connectivity index (χ3v) is 3.68. The Morgan fingerprint density at radius 3 is 2.56 bits per heavy atom. The van der Waals surface area contributed by atoms with Gasteiger partial charge in [-0.15, -0.1) is 0 Å². The van der Waals surface area contributed by atoms with Crippen molar-refractivity contribution in [2.45, 2.75) is 38.0 Å². The molecule has 0 atom stereocenters. The maximum Gasteiger partial charge on any atom is 0.143 e. The number of Topliss-reactive ketones (excluding diaryl/α,β-unsaturated/α-hetero) is 1. The summed E-state index contributed by atoms with van der Waals surface area (Å²) in [4.78, 5) is 12.1. The Morgan fingerprint density at radius 1 is 1.38 bits per heavy atom. The van der Waals surface area contributed by atoms with Crippen molar-refractivity contribution < 1.29 is 9.53 Å². The number of methoxy groups -OCH3 is 1. The lowest BCUT2D eigenvalue weighted by atomic mass is 9.61. The SMILES string of the molecule is CCC(=O)C1(c2ccccc2OC)CCC1. The van der Waals surface area contributed by atoms with Crippen molar-refractivity contribution in [3.63, 3.8) is 0 Å². The molecule has 0 N–H and O–H groups in total. The Labute approximate surface area is 96.6 Å². The molecule has 0 bridgehead atoms. The van der Waals surface area contributed by atoms with Gasteiger partial charge in [0.25, 0.3) is 0 Å². The highest BCUT2D eigenvalue weighted by Gasteiger charge is 2.45. The fraction of sp³-hybridized carbons (Fsp3) is 0.500. The second kappa shape index (κ2) is 4.28. The first kappa shape index (κ1) is 11.2. The first-order chi connectivity index (χ1) is 7.74. The van der Waals surface area contributed by atoms with Crippen LogP contribution in [0.3, 0.4) is 0 Å². The molecule has 2 nitrogen and oxygen atoms in total. The molecule has 1 aliphatic carbocycles. The fourth-order valence-corrected chi connectivity index (χ4v) is 2.61. The summed E-state index contributed by atoms with van der Waals surface area (Å²) < 4.78 is 5.37. The molecule has 0 spiro atoms. The average Bonchev–Trinajstić information content (AvgIpc) is 2.28. The number of rotatable bonds is 4. The van der Waals surface area contributed by atoms with E-state index in [0.717, 1.165) is 30.6 Å². The summed E-state index contributed by atoms with van der Waals surface area (Å²) in [6.45, 7) is 1.94. The molecule has 0 aliphatic heterocycles. The van der Waals surface area contributed by atoms with Crippen molar-refractivity contribution in [1.29, 1.82) is 0 Å². The number of ether oxygens (including phenoxy) is 1. The van der Waals surface area contributed by atoms with Crippen molar-refractivity contribution in [3.05, 3.63) is 29.8 Å². The van der Waals surface area contributed by atoms with Crippen molar-refractivity contribution in [2.75, 3.05) is 7.11 Å². The quantitative estimate of drug-likeness (QED) is 0.776. The van der Waals surface area contributed by atoms with Crippen LogP contribution in [-0.4, -0.2) is 12.9 Å². The van der Waals surface area contributed by atoms with Gasteiger partial charge in [-0.2, -0.15) is 0 Å². The number of carbonyl (C=O) groups is 1. The zero-order valence-corrected chi connectivity index (χ0v) is 9.95. The highest BCUT2D eigenvalue weighted by atomic mass is 16.5. The Morgan fingerprint density at radius 2 is 2.06 bits per heavy atom. The average molecular weight is 218 g/mol. The van der Waals surface area contributed by atoms with Gasteiger partial charge in [0.2, 0.25) is 0 Å². The molecule has 2 heteroatoms. The topological polar surface area (TPSA) is 26.3 Å². The van der Waals surface area contributed by atoms with Gasteiger partial charge in [-0.3, -0.25) is 4.79 Å². The highest BCUT2D eigenvalue weighted by Crippen LogP contribution is 2.48. The maximum atomic E-state index is 12.1. The third kappa shape index (κ3) is 1.53. The number of carbonyl (C=O) groups excluding carboxylic acids is 1. The van der Waals surface area contributed by atoms with Gasteiger partial charge in [-0.25, -0.2) is 0 Å². The van der Waals surface area contributed by atoms with Crippen molar-refractivity contribution in [2.24, 2.45) is 0 Å². The van der Waals surface area contributed by atoms with E-state index in [-0.39, 0.29) is 5.41 Å². The van der Waals surface area contributed by atoms with E-state index in [0.29, 0.717) is 12.2 Å². The van der Waals surface area contributed by atoms with Crippen LogP contribution in [0.5, 0.6) is 5.75 Å². The summed E-state index contributed by atoms with van der Waals surface area (Å²) in [5.74, 6) is 1.20. The first-order valence-corrected chi connectivity index (χ1v) is 5.91. The molecule has 86 valence electrons. The number of hydrogen-bond acceptors (Lipinski definition) is 2. The van der Waals surface area contributed by atoms with Crippen LogP contribution in [0.2, 0.25) is 0 Å². The number of benzene rings is 1. The molecule has 1 aromatic rings. The van der Waals surface area contributed by atoms with E-state index in [4.69, 9.17) is 4.74 Å². The number of para-hydroxylation sites is 1. The largest absolute Gasteiger partial charge is 0.496 e. The van der Waals surface area contributed by atoms with Crippen molar-refractivity contribution in [3.8, 4) is 5.75 Å². The molecule has 1 fully saturated rings. The van der Waals surface area contributed by atoms with Crippen LogP contribution in [-0.2, 0) is 10.2 Å². The van der Waals surface area contributed by atoms with Crippen LogP contribution >= 0.6 is 0 Å². The lowest BCUT2D eigenvalue weighted by Crippen LogP contribution is -2.42. The zero-order chi connectivity index (χ0) is 11.6. The lowest BCUT2D eigenvalue weighted by Gasteiger charge is -2.41. The second-order valence-electron chi connectivity index (χ2n) is 4.41. The van der Waals surface area contributed by atoms with E-state index in [1.54, 1.807) is 7.11 Å². The van der Waals surface area contributed by atoms with E-state index in [1.807, 2.05) is 31.2 Å². The Bertz CT molecular complexity index is 391. The lowest BCUT2D eigenvalue weighted by molar-refractivity contribution is -0.127. The van der Waals surface area contributed by atoms with Gasteiger partial charge in [0, 0.05) is 12.0 Å². The predicted octanol–water partition coefficient (Wildman–Crippen LogP) is 3.10. The molecular weight excluding hydrogens is 200 g/mol. The minimum atomic E-state index is -0.249. The molecule has 0 radical (unpaired) electrons. The van der Waals surface area contributed by atoms with Gasteiger partial charge >= 0.3 is 0 Å². The van der Waals surface area contributed by atoms with Gasteiger partial charge in [-0.05, 0) is 18.9 Å². The molecular formula is C14H18O2. The minimum Gasteiger partial charge on any atom is -0.496 e. The standard InChI is InChI=1S/C14H18O2/c1-3-13(15)14(9-6-10-14)11-7-4-5-8-12(11)16-2/h4-5,7-8H,3,6,9-10H2,1-2H3. The van der Waals surface area contributed by atoms with Crippen LogP contribution in [0.4, 0.5) is 0 Å². The Hall–Kier alpha value is -1.31. The molecule has 16 heavy (non-hydrogen) atoms. The van der Waals surface area contributed by atoms with E-state index < -0.39 is 0 Å². The summed E-state index contributed by atoms with van der Waals surface area (Å²) in [6.07, 6.45) is 3.70. The molecule has 0 unspecified atom stereocenters. The fourth-order valence-electron chi connectivity index (χ4n) is 2.61. The van der Waals surface area contributed by atoms with E-state index in [1.165, 1.54) is 0 Å². The van der Waals surface area contributed by atoms with E-state index in [2.05, 4.69) is 0 Å². The van der Waals surface area contributed by atoms with Gasteiger partial charge in [0.05, 0.1) is 12.5 Å². The molecule has 2 rings (SSSR count). The summed E-state index contributed by atoms with van der Waals surface area (Å²) in [5, 5.41) is 0. The monoisotopic (exact) mass is 218 g/mol. The van der Waals surface area contributed by atoms with E-state index in [9.17, 15) is 4.79 Å². The van der Waals surface area contributed by atoms with Gasteiger partial charge < -0.3 is 4.74 Å². The van der Waals surface area contributed by atoms with Crippen LogP contribution in [0, 0.1) is 0 Å². The van der Waals surface area contributed by atoms with Gasteiger partial charge in [0.1, 0.15) is 11.5 Å². The van der Waals surface area contributed by atoms with Crippen LogP contribution in [0.1, 0.15) is 38.2 Å². The number of ketones is 1. The predicted molar refractivity (Wildman–Crippen MR) is 63.8 cm³/mol. The van der Waals surface area contributed by atoms with Crippen molar-refractivity contribution in [1.82, 2.24) is 0 Å². The smallest absolute Gasteiger partial charge is 0.143 e. The molecule has 0 aromatic heterocycles. The highest BCUT2D eigenvalue weighted by molar-refractivity contribution is 5.91. The maximum absolute atomic E-state index is 12.1. The van der Waals surface area contributed by atoms with Crippen molar-refractivity contribution >= 4 is 5.78 Å². The number of hydrogen-bond donors (Lipinski definition) is 0. The summed E-state index contributed by atoms with van der Waals surface area (Å²) in [5.41, 5.74) is 0.831. The molecule has 1 aromatic carbocycles. The second-order valence-corrected chi connectivity index (χ2v) is 4.41. The van der Waals surface area contributed by atoms with Crippen LogP contribution < -0.4 is 4.74 Å². The van der Waals surface area contributed by atoms with E-state index >= 15 is 0 Å². The molecule has 0 amide bonds. The van der Waals surface area contributed by atoms with Gasteiger partial charge in [0.15, 0.2) is 0 Å². The Balaban J connectivity index is 2.44. The van der Waals surface area contributed by atoms with Crippen LogP contribution in [0.15, 0.2) is 24.3 Å². The molecule has 1 saturated carbocycles. The minimum absolute atomic E-state index is 0.249. The first-order valence-electron chi connectivity index (χ1n) is 5.91. The zero-order valence-electron chi connectivity index (χ0n) is 9.95.